The van der Waals surface area contributed by atoms with Gasteiger partial charge in [0.15, 0.2) is 5.82 Å². The Morgan fingerprint density at radius 2 is 2.17 bits per heavy atom. The number of aromatic nitrogens is 5. The van der Waals surface area contributed by atoms with Crippen LogP contribution in [-0.4, -0.2) is 35.9 Å². The molecule has 0 aliphatic heterocycles. The standard InChI is InChI=1S/C11H9N5O2/c1-15-6-5-9(13-15)16-8-4-2-3-7(11(17)18)10(8)12-14-16/h2-6H,1H3,(H,17,18). The van der Waals surface area contributed by atoms with E-state index in [9.17, 15) is 4.79 Å². The van der Waals surface area contributed by atoms with Crippen LogP contribution in [0.5, 0.6) is 0 Å². The van der Waals surface area contributed by atoms with Crippen molar-refractivity contribution >= 4 is 17.0 Å². The van der Waals surface area contributed by atoms with Crippen LogP contribution in [0.3, 0.4) is 0 Å². The van der Waals surface area contributed by atoms with E-state index >= 15 is 0 Å². The predicted molar refractivity (Wildman–Crippen MR) is 62.6 cm³/mol. The van der Waals surface area contributed by atoms with Crippen LogP contribution in [-0.2, 0) is 7.05 Å². The van der Waals surface area contributed by atoms with Gasteiger partial charge in [-0.1, -0.05) is 11.3 Å². The third-order valence-electron chi connectivity index (χ3n) is 2.62. The normalized spacial score (nSPS) is 10.9. The zero-order valence-corrected chi connectivity index (χ0v) is 9.48. The fourth-order valence-electron chi connectivity index (χ4n) is 1.80. The summed E-state index contributed by atoms with van der Waals surface area (Å²) in [6, 6.07) is 6.70. The van der Waals surface area contributed by atoms with Gasteiger partial charge in [0, 0.05) is 19.3 Å². The van der Waals surface area contributed by atoms with E-state index in [1.807, 2.05) is 0 Å². The molecule has 7 heteroatoms. The second-order valence-corrected chi connectivity index (χ2v) is 3.83. The van der Waals surface area contributed by atoms with Crippen LogP contribution in [0.4, 0.5) is 0 Å². The number of hydrogen-bond donors (Lipinski definition) is 1. The molecular weight excluding hydrogens is 234 g/mol. The molecule has 0 atom stereocenters. The van der Waals surface area contributed by atoms with Gasteiger partial charge in [-0.25, -0.2) is 4.79 Å². The molecular formula is C11H9N5O2. The summed E-state index contributed by atoms with van der Waals surface area (Å²) in [5.41, 5.74) is 1.11. The van der Waals surface area contributed by atoms with E-state index < -0.39 is 5.97 Å². The third-order valence-corrected chi connectivity index (χ3v) is 2.62. The van der Waals surface area contributed by atoms with Crippen molar-refractivity contribution in [1.29, 1.82) is 0 Å². The van der Waals surface area contributed by atoms with Crippen LogP contribution >= 0.6 is 0 Å². The fraction of sp³-hybridized carbons (Fsp3) is 0.0909. The average Bonchev–Trinajstić information content (AvgIpc) is 2.93. The summed E-state index contributed by atoms with van der Waals surface area (Å²) < 4.78 is 3.16. The molecule has 2 heterocycles. The highest BCUT2D eigenvalue weighted by Gasteiger charge is 2.15. The molecule has 0 amide bonds. The highest BCUT2D eigenvalue weighted by atomic mass is 16.4. The molecule has 2 aromatic heterocycles. The summed E-state index contributed by atoms with van der Waals surface area (Å²) in [5, 5.41) is 21.1. The maximum absolute atomic E-state index is 11.1. The number of benzene rings is 1. The van der Waals surface area contributed by atoms with Crippen LogP contribution in [0.15, 0.2) is 30.5 Å². The number of nitrogens with zero attached hydrogens (tertiary/aromatic N) is 5. The van der Waals surface area contributed by atoms with Crippen molar-refractivity contribution in [1.82, 2.24) is 24.8 Å². The first-order chi connectivity index (χ1) is 8.66. The zero-order valence-electron chi connectivity index (χ0n) is 9.48. The first-order valence-electron chi connectivity index (χ1n) is 5.24. The minimum atomic E-state index is -1.02. The molecule has 18 heavy (non-hydrogen) atoms. The van der Waals surface area contributed by atoms with Crippen LogP contribution in [0.1, 0.15) is 10.4 Å². The Morgan fingerprint density at radius 3 is 2.83 bits per heavy atom. The smallest absolute Gasteiger partial charge is 0.338 e. The Balaban J connectivity index is 2.27. The van der Waals surface area contributed by atoms with Crippen LogP contribution in [0.25, 0.3) is 16.9 Å². The third kappa shape index (κ3) is 1.45. The molecule has 0 saturated carbocycles. The number of fused-ring (bicyclic) bond motifs is 1. The van der Waals surface area contributed by atoms with Gasteiger partial charge in [-0.3, -0.25) is 4.68 Å². The minimum absolute atomic E-state index is 0.134. The summed E-state index contributed by atoms with van der Waals surface area (Å²) >= 11 is 0. The molecule has 0 bridgehead atoms. The number of carboxylic acid groups (broad SMARTS) is 1. The first kappa shape index (κ1) is 10.5. The molecule has 0 aliphatic carbocycles. The van der Waals surface area contributed by atoms with Crippen molar-refractivity contribution in [3.63, 3.8) is 0 Å². The minimum Gasteiger partial charge on any atom is -0.478 e. The molecule has 0 unspecified atom stereocenters. The molecule has 1 aromatic carbocycles. The van der Waals surface area contributed by atoms with E-state index in [-0.39, 0.29) is 5.56 Å². The maximum atomic E-state index is 11.1. The van der Waals surface area contributed by atoms with Gasteiger partial charge in [0.2, 0.25) is 0 Å². The first-order valence-corrected chi connectivity index (χ1v) is 5.24. The Labute approximate surface area is 101 Å². The fourth-order valence-corrected chi connectivity index (χ4v) is 1.80. The lowest BCUT2D eigenvalue weighted by molar-refractivity contribution is 0.0699. The largest absolute Gasteiger partial charge is 0.478 e. The second-order valence-electron chi connectivity index (χ2n) is 3.83. The van der Waals surface area contributed by atoms with E-state index in [1.54, 1.807) is 36.1 Å². The summed E-state index contributed by atoms with van der Waals surface area (Å²) in [5.74, 6) is -0.420. The van der Waals surface area contributed by atoms with Crippen molar-refractivity contribution < 1.29 is 9.90 Å². The maximum Gasteiger partial charge on any atom is 0.338 e. The molecule has 7 nitrogen and oxygen atoms in total. The number of carbonyl (C=O) groups is 1. The highest BCUT2D eigenvalue weighted by Crippen LogP contribution is 2.18. The lowest BCUT2D eigenvalue weighted by Crippen LogP contribution is -2.00. The Kier molecular flexibility index (Phi) is 2.12. The van der Waals surface area contributed by atoms with E-state index in [0.717, 1.165) is 0 Å². The molecule has 0 aliphatic rings. The lowest BCUT2D eigenvalue weighted by atomic mass is 10.2. The van der Waals surface area contributed by atoms with Gasteiger partial charge in [0.1, 0.15) is 5.52 Å². The SMILES string of the molecule is Cn1ccc(-n2nnc3c(C(=O)O)cccc32)n1. The number of aryl methyl sites for hydroxylation is 1. The Bertz CT molecular complexity index is 743. The van der Waals surface area contributed by atoms with Gasteiger partial charge in [0.05, 0.1) is 11.1 Å². The summed E-state index contributed by atoms with van der Waals surface area (Å²) in [6.45, 7) is 0. The summed E-state index contributed by atoms with van der Waals surface area (Å²) in [6.07, 6.45) is 1.78. The molecule has 0 spiro atoms. The van der Waals surface area contributed by atoms with Crippen molar-refractivity contribution in [2.45, 2.75) is 0 Å². The van der Waals surface area contributed by atoms with Crippen molar-refractivity contribution in [2.24, 2.45) is 7.05 Å². The number of rotatable bonds is 2. The zero-order chi connectivity index (χ0) is 12.7. The Morgan fingerprint density at radius 1 is 1.33 bits per heavy atom. The van der Waals surface area contributed by atoms with Crippen molar-refractivity contribution in [3.05, 3.63) is 36.0 Å². The molecule has 0 saturated heterocycles. The summed E-state index contributed by atoms with van der Waals surface area (Å²) in [4.78, 5) is 11.1. The van der Waals surface area contributed by atoms with Gasteiger partial charge in [-0.2, -0.15) is 9.78 Å². The van der Waals surface area contributed by atoms with Gasteiger partial charge < -0.3 is 5.11 Å². The topological polar surface area (TPSA) is 85.8 Å². The van der Waals surface area contributed by atoms with E-state index in [1.165, 1.54) is 10.7 Å². The average molecular weight is 243 g/mol. The summed E-state index contributed by atoms with van der Waals surface area (Å²) in [7, 11) is 1.80. The monoisotopic (exact) mass is 243 g/mol. The quantitative estimate of drug-likeness (QED) is 0.721. The van der Waals surface area contributed by atoms with E-state index in [0.29, 0.717) is 16.9 Å². The molecule has 3 aromatic rings. The van der Waals surface area contributed by atoms with Gasteiger partial charge in [0.25, 0.3) is 0 Å². The van der Waals surface area contributed by atoms with E-state index in [2.05, 4.69) is 15.4 Å². The molecule has 1 N–H and O–H groups in total. The Hall–Kier alpha value is -2.70. The molecule has 3 rings (SSSR count). The molecule has 0 fully saturated rings. The number of aromatic carboxylic acids is 1. The predicted octanol–water partition coefficient (Wildman–Crippen LogP) is 0.852. The van der Waals surface area contributed by atoms with Crippen molar-refractivity contribution in [3.8, 4) is 5.82 Å². The van der Waals surface area contributed by atoms with Gasteiger partial charge in [-0.05, 0) is 12.1 Å². The van der Waals surface area contributed by atoms with Gasteiger partial charge >= 0.3 is 5.97 Å². The molecule has 0 radical (unpaired) electrons. The lowest BCUT2D eigenvalue weighted by Gasteiger charge is -1.98. The molecule has 90 valence electrons. The van der Waals surface area contributed by atoms with Crippen LogP contribution in [0.2, 0.25) is 0 Å². The van der Waals surface area contributed by atoms with Crippen LogP contribution < -0.4 is 0 Å². The van der Waals surface area contributed by atoms with Crippen molar-refractivity contribution in [2.75, 3.05) is 0 Å². The number of carboxylic acids is 1. The number of hydrogen-bond acceptors (Lipinski definition) is 4. The van der Waals surface area contributed by atoms with Crippen LogP contribution in [0, 0.1) is 0 Å². The second kappa shape index (κ2) is 3.66. The van der Waals surface area contributed by atoms with Gasteiger partial charge in [-0.15, -0.1) is 5.10 Å². The highest BCUT2D eigenvalue weighted by molar-refractivity contribution is 6.00. The van der Waals surface area contributed by atoms with E-state index in [4.69, 9.17) is 5.11 Å².